The summed E-state index contributed by atoms with van der Waals surface area (Å²) in [6.07, 6.45) is 7.62. The van der Waals surface area contributed by atoms with Gasteiger partial charge in [0.2, 0.25) is 0 Å². The quantitative estimate of drug-likeness (QED) is 0.500. The molecule has 0 saturated heterocycles. The SMILES string of the molecule is C[N+](C)=C1C2CC3CC(C2)CC1C3. The van der Waals surface area contributed by atoms with Crippen LogP contribution in [-0.2, 0) is 0 Å². The maximum atomic E-state index is 2.42. The Balaban J connectivity index is 1.98. The van der Waals surface area contributed by atoms with Crippen LogP contribution in [0.2, 0.25) is 0 Å². The summed E-state index contributed by atoms with van der Waals surface area (Å²) in [5, 5.41) is 0. The molecule has 0 aliphatic heterocycles. The molecule has 0 spiro atoms. The number of rotatable bonds is 0. The Morgan fingerprint density at radius 1 is 0.846 bits per heavy atom. The zero-order valence-electron chi connectivity index (χ0n) is 8.79. The van der Waals surface area contributed by atoms with Crippen molar-refractivity contribution < 1.29 is 4.58 Å². The first kappa shape index (κ1) is 8.02. The Labute approximate surface area is 80.8 Å². The lowest BCUT2D eigenvalue weighted by Crippen LogP contribution is -2.48. The minimum absolute atomic E-state index is 0.978. The van der Waals surface area contributed by atoms with Crippen molar-refractivity contribution in [1.29, 1.82) is 0 Å². The Morgan fingerprint density at radius 2 is 1.31 bits per heavy atom. The molecule has 13 heavy (non-hydrogen) atoms. The molecule has 4 rings (SSSR count). The van der Waals surface area contributed by atoms with Gasteiger partial charge in [0.05, 0.1) is 0 Å². The van der Waals surface area contributed by atoms with Crippen LogP contribution in [-0.4, -0.2) is 24.4 Å². The van der Waals surface area contributed by atoms with Gasteiger partial charge in [-0.25, -0.2) is 4.58 Å². The van der Waals surface area contributed by atoms with Crippen LogP contribution in [0.1, 0.15) is 32.1 Å². The molecule has 0 atom stereocenters. The van der Waals surface area contributed by atoms with Crippen LogP contribution in [0.15, 0.2) is 0 Å². The third-order valence-corrected chi connectivity index (χ3v) is 4.49. The molecule has 1 heteroatoms. The van der Waals surface area contributed by atoms with Gasteiger partial charge in [-0.2, -0.15) is 0 Å². The fourth-order valence-electron chi connectivity index (χ4n) is 4.40. The lowest BCUT2D eigenvalue weighted by molar-refractivity contribution is -0.472. The number of hydrogen-bond donors (Lipinski definition) is 0. The standard InChI is InChI=1S/C12H20N/c1-13(2)12-10-4-8-3-9(6-10)7-11(12)5-8/h8-11H,3-7H2,1-2H3/q+1. The maximum Gasteiger partial charge on any atom is 0.158 e. The molecule has 4 aliphatic carbocycles. The van der Waals surface area contributed by atoms with E-state index in [1.165, 1.54) is 25.7 Å². The van der Waals surface area contributed by atoms with Crippen molar-refractivity contribution in [1.82, 2.24) is 0 Å². The molecule has 72 valence electrons. The smallest absolute Gasteiger partial charge is 0.158 e. The van der Waals surface area contributed by atoms with Crippen molar-refractivity contribution in [3.63, 3.8) is 0 Å². The lowest BCUT2D eigenvalue weighted by atomic mass is 9.55. The van der Waals surface area contributed by atoms with E-state index in [2.05, 4.69) is 18.7 Å². The molecule has 0 radical (unpaired) electrons. The molecule has 4 bridgehead atoms. The summed E-state index contributed by atoms with van der Waals surface area (Å²) >= 11 is 0. The largest absolute Gasteiger partial charge is 0.242 e. The zero-order valence-corrected chi connectivity index (χ0v) is 8.79. The van der Waals surface area contributed by atoms with E-state index in [1.54, 1.807) is 12.1 Å². The van der Waals surface area contributed by atoms with E-state index in [4.69, 9.17) is 0 Å². The molecule has 0 aromatic heterocycles. The predicted molar refractivity (Wildman–Crippen MR) is 54.2 cm³/mol. The van der Waals surface area contributed by atoms with E-state index in [9.17, 15) is 0 Å². The van der Waals surface area contributed by atoms with E-state index >= 15 is 0 Å². The van der Waals surface area contributed by atoms with Crippen molar-refractivity contribution in [2.24, 2.45) is 23.7 Å². The van der Waals surface area contributed by atoms with Crippen LogP contribution in [0.5, 0.6) is 0 Å². The zero-order chi connectivity index (χ0) is 9.00. The van der Waals surface area contributed by atoms with Gasteiger partial charge in [0.1, 0.15) is 14.1 Å². The molecule has 4 fully saturated rings. The average molecular weight is 178 g/mol. The van der Waals surface area contributed by atoms with E-state index < -0.39 is 0 Å². The summed E-state index contributed by atoms with van der Waals surface area (Å²) in [6, 6.07) is 0. The molecule has 4 saturated carbocycles. The molecule has 4 aliphatic rings. The lowest BCUT2D eigenvalue weighted by Gasteiger charge is -2.48. The molecular formula is C12H20N+. The second-order valence-electron chi connectivity index (χ2n) is 5.62. The van der Waals surface area contributed by atoms with E-state index in [0.29, 0.717) is 0 Å². The molecule has 0 amide bonds. The number of nitrogens with zero attached hydrogens (tertiary/aromatic N) is 1. The molecule has 0 heterocycles. The van der Waals surface area contributed by atoms with Gasteiger partial charge in [0, 0.05) is 11.8 Å². The Hall–Kier alpha value is -0.330. The highest BCUT2D eigenvalue weighted by molar-refractivity contribution is 5.86. The third-order valence-electron chi connectivity index (χ3n) is 4.49. The van der Waals surface area contributed by atoms with Crippen molar-refractivity contribution in [2.45, 2.75) is 32.1 Å². The summed E-state index contributed by atoms with van der Waals surface area (Å²) in [5.74, 6) is 4.16. The molecule has 1 nitrogen and oxygen atoms in total. The summed E-state index contributed by atoms with van der Waals surface area (Å²) in [5.41, 5.74) is 1.80. The minimum atomic E-state index is 0.978. The Kier molecular flexibility index (Phi) is 1.59. The topological polar surface area (TPSA) is 3.01 Å². The summed E-state index contributed by atoms with van der Waals surface area (Å²) in [4.78, 5) is 0. The summed E-state index contributed by atoms with van der Waals surface area (Å²) < 4.78 is 2.42. The molecule has 0 aromatic carbocycles. The minimum Gasteiger partial charge on any atom is -0.242 e. The summed E-state index contributed by atoms with van der Waals surface area (Å²) in [7, 11) is 4.50. The normalized spacial score (nSPS) is 47.1. The van der Waals surface area contributed by atoms with Crippen LogP contribution < -0.4 is 0 Å². The number of hydrogen-bond acceptors (Lipinski definition) is 0. The van der Waals surface area contributed by atoms with Gasteiger partial charge in [-0.05, 0) is 43.9 Å². The highest BCUT2D eigenvalue weighted by Gasteiger charge is 2.49. The van der Waals surface area contributed by atoms with Crippen LogP contribution in [0.3, 0.4) is 0 Å². The molecule has 0 N–H and O–H groups in total. The van der Waals surface area contributed by atoms with Crippen LogP contribution >= 0.6 is 0 Å². The predicted octanol–water partition coefficient (Wildman–Crippen LogP) is 2.16. The van der Waals surface area contributed by atoms with Gasteiger partial charge in [-0.3, -0.25) is 0 Å². The third kappa shape index (κ3) is 1.09. The maximum absolute atomic E-state index is 2.42. The fourth-order valence-corrected chi connectivity index (χ4v) is 4.40. The van der Waals surface area contributed by atoms with Gasteiger partial charge in [-0.15, -0.1) is 0 Å². The van der Waals surface area contributed by atoms with Crippen LogP contribution in [0.4, 0.5) is 0 Å². The van der Waals surface area contributed by atoms with Gasteiger partial charge < -0.3 is 0 Å². The molecule has 0 aromatic rings. The highest BCUT2D eigenvalue weighted by Crippen LogP contribution is 2.52. The van der Waals surface area contributed by atoms with Crippen molar-refractivity contribution in [2.75, 3.05) is 14.1 Å². The fraction of sp³-hybridized carbons (Fsp3) is 0.917. The van der Waals surface area contributed by atoms with Crippen LogP contribution in [0.25, 0.3) is 0 Å². The van der Waals surface area contributed by atoms with Crippen molar-refractivity contribution in [3.8, 4) is 0 Å². The Morgan fingerprint density at radius 3 is 1.69 bits per heavy atom. The summed E-state index contributed by atoms with van der Waals surface area (Å²) in [6.45, 7) is 0. The van der Waals surface area contributed by atoms with Crippen molar-refractivity contribution in [3.05, 3.63) is 0 Å². The second kappa shape index (κ2) is 2.59. The van der Waals surface area contributed by atoms with E-state index in [-0.39, 0.29) is 0 Å². The molecular weight excluding hydrogens is 158 g/mol. The van der Waals surface area contributed by atoms with Gasteiger partial charge in [0.25, 0.3) is 0 Å². The van der Waals surface area contributed by atoms with Crippen molar-refractivity contribution >= 4 is 5.71 Å². The van der Waals surface area contributed by atoms with E-state index in [1.807, 2.05) is 0 Å². The second-order valence-corrected chi connectivity index (χ2v) is 5.62. The van der Waals surface area contributed by atoms with Crippen LogP contribution in [0, 0.1) is 23.7 Å². The van der Waals surface area contributed by atoms with Gasteiger partial charge in [0.15, 0.2) is 5.71 Å². The Bertz CT molecular complexity index is 230. The van der Waals surface area contributed by atoms with Gasteiger partial charge in [-0.1, -0.05) is 0 Å². The average Bonchev–Trinajstić information content (AvgIpc) is 2.00. The first-order valence-corrected chi connectivity index (χ1v) is 5.78. The van der Waals surface area contributed by atoms with E-state index in [0.717, 1.165) is 23.7 Å². The first-order chi connectivity index (χ1) is 6.24. The monoisotopic (exact) mass is 178 g/mol. The van der Waals surface area contributed by atoms with Gasteiger partial charge >= 0.3 is 0 Å². The molecule has 0 unspecified atom stereocenters. The first-order valence-electron chi connectivity index (χ1n) is 5.78. The highest BCUT2D eigenvalue weighted by atomic mass is 15.0.